The van der Waals surface area contributed by atoms with Crippen LogP contribution in [0.15, 0.2) is 22.7 Å². The first-order chi connectivity index (χ1) is 8.06. The van der Waals surface area contributed by atoms with Crippen LogP contribution in [0.2, 0.25) is 5.02 Å². The maximum atomic E-state index is 12.8. The zero-order valence-corrected chi connectivity index (χ0v) is 10.5. The summed E-state index contributed by atoms with van der Waals surface area (Å²) >= 11 is 11.7. The Hall–Kier alpha value is -1.13. The molecule has 1 unspecified atom stereocenters. The summed E-state index contributed by atoms with van der Waals surface area (Å²) in [5, 5.41) is 3.78. The van der Waals surface area contributed by atoms with E-state index in [0.29, 0.717) is 23.2 Å². The van der Waals surface area contributed by atoms with Gasteiger partial charge in [-0.2, -0.15) is 4.98 Å². The maximum Gasteiger partial charge on any atom is 0.244 e. The maximum absolute atomic E-state index is 12.8. The standard InChI is InChI=1S/C11H9Cl2FN2O/c1-6(12)11-15-10(16-17-11)4-7-2-3-8(14)5-9(7)13/h2-3,5-6H,4H2,1H3. The van der Waals surface area contributed by atoms with Gasteiger partial charge in [0.25, 0.3) is 0 Å². The molecule has 1 aromatic heterocycles. The van der Waals surface area contributed by atoms with Crippen molar-refractivity contribution in [2.24, 2.45) is 0 Å². The van der Waals surface area contributed by atoms with Gasteiger partial charge in [-0.3, -0.25) is 0 Å². The molecule has 0 aliphatic rings. The highest BCUT2D eigenvalue weighted by Gasteiger charge is 2.13. The monoisotopic (exact) mass is 274 g/mol. The third-order valence-corrected chi connectivity index (χ3v) is 2.73. The molecule has 0 N–H and O–H groups in total. The van der Waals surface area contributed by atoms with Crippen LogP contribution in [0.4, 0.5) is 4.39 Å². The Bertz CT molecular complexity index is 528. The number of rotatable bonds is 3. The van der Waals surface area contributed by atoms with Crippen LogP contribution in [-0.2, 0) is 6.42 Å². The van der Waals surface area contributed by atoms with Crippen molar-refractivity contribution >= 4 is 23.2 Å². The Morgan fingerprint density at radius 2 is 2.24 bits per heavy atom. The molecular formula is C11H9Cl2FN2O. The van der Waals surface area contributed by atoms with E-state index in [1.807, 2.05) is 0 Å². The van der Waals surface area contributed by atoms with Gasteiger partial charge in [0, 0.05) is 11.4 Å². The van der Waals surface area contributed by atoms with E-state index in [1.165, 1.54) is 12.1 Å². The van der Waals surface area contributed by atoms with Gasteiger partial charge in [-0.15, -0.1) is 11.6 Å². The van der Waals surface area contributed by atoms with Crippen molar-refractivity contribution in [1.82, 2.24) is 10.1 Å². The van der Waals surface area contributed by atoms with Crippen LogP contribution in [0.3, 0.4) is 0 Å². The van der Waals surface area contributed by atoms with E-state index >= 15 is 0 Å². The molecule has 0 saturated carbocycles. The minimum Gasteiger partial charge on any atom is -0.338 e. The second-order valence-electron chi connectivity index (χ2n) is 3.58. The summed E-state index contributed by atoms with van der Waals surface area (Å²) in [5.74, 6) is 0.461. The number of aromatic nitrogens is 2. The van der Waals surface area contributed by atoms with Crippen LogP contribution >= 0.6 is 23.2 Å². The quantitative estimate of drug-likeness (QED) is 0.801. The van der Waals surface area contributed by atoms with Gasteiger partial charge in [-0.05, 0) is 24.6 Å². The van der Waals surface area contributed by atoms with Crippen molar-refractivity contribution in [1.29, 1.82) is 0 Å². The van der Waals surface area contributed by atoms with Crippen molar-refractivity contribution in [3.05, 3.63) is 46.3 Å². The third-order valence-electron chi connectivity index (χ3n) is 2.19. The van der Waals surface area contributed by atoms with Crippen molar-refractivity contribution in [3.8, 4) is 0 Å². The lowest BCUT2D eigenvalue weighted by Crippen LogP contribution is -1.93. The topological polar surface area (TPSA) is 38.9 Å². The Labute approximate surface area is 108 Å². The van der Waals surface area contributed by atoms with Crippen LogP contribution in [0.1, 0.15) is 29.6 Å². The predicted octanol–water partition coefficient (Wildman–Crippen LogP) is 3.75. The first-order valence-corrected chi connectivity index (χ1v) is 5.78. The fourth-order valence-electron chi connectivity index (χ4n) is 1.34. The van der Waals surface area contributed by atoms with Crippen LogP contribution in [0, 0.1) is 5.82 Å². The van der Waals surface area contributed by atoms with Gasteiger partial charge < -0.3 is 4.52 Å². The molecule has 1 atom stereocenters. The molecule has 90 valence electrons. The second-order valence-corrected chi connectivity index (χ2v) is 4.64. The summed E-state index contributed by atoms with van der Waals surface area (Å²) in [6.07, 6.45) is 0.381. The van der Waals surface area contributed by atoms with E-state index in [1.54, 1.807) is 13.0 Å². The van der Waals surface area contributed by atoms with Gasteiger partial charge in [0.05, 0.1) is 0 Å². The minimum absolute atomic E-state index is 0.333. The smallest absolute Gasteiger partial charge is 0.244 e. The summed E-state index contributed by atoms with van der Waals surface area (Å²) in [7, 11) is 0. The molecule has 3 nitrogen and oxygen atoms in total. The summed E-state index contributed by atoms with van der Waals surface area (Å²) in [5.41, 5.74) is 0.739. The van der Waals surface area contributed by atoms with Crippen molar-refractivity contribution in [3.63, 3.8) is 0 Å². The molecule has 0 aliphatic carbocycles. The van der Waals surface area contributed by atoms with Gasteiger partial charge in [0.2, 0.25) is 5.89 Å². The molecule has 2 rings (SSSR count). The average Bonchev–Trinajstić information content (AvgIpc) is 2.71. The minimum atomic E-state index is -0.373. The van der Waals surface area contributed by atoms with Crippen LogP contribution in [-0.4, -0.2) is 10.1 Å². The molecule has 1 heterocycles. The van der Waals surface area contributed by atoms with E-state index < -0.39 is 0 Å². The van der Waals surface area contributed by atoms with E-state index in [9.17, 15) is 4.39 Å². The molecule has 0 spiro atoms. The molecule has 0 radical (unpaired) electrons. The fourth-order valence-corrected chi connectivity index (χ4v) is 1.66. The molecule has 6 heteroatoms. The molecule has 2 aromatic rings. The highest BCUT2D eigenvalue weighted by molar-refractivity contribution is 6.31. The molecular weight excluding hydrogens is 266 g/mol. The van der Waals surface area contributed by atoms with E-state index in [2.05, 4.69) is 10.1 Å². The van der Waals surface area contributed by atoms with Crippen molar-refractivity contribution < 1.29 is 8.91 Å². The van der Waals surface area contributed by atoms with Crippen molar-refractivity contribution in [2.75, 3.05) is 0 Å². The van der Waals surface area contributed by atoms with E-state index in [4.69, 9.17) is 27.7 Å². The Morgan fingerprint density at radius 3 is 2.82 bits per heavy atom. The molecule has 0 aliphatic heterocycles. The summed E-state index contributed by atoms with van der Waals surface area (Å²) in [4.78, 5) is 4.11. The summed E-state index contributed by atoms with van der Waals surface area (Å²) in [6, 6.07) is 4.19. The van der Waals surface area contributed by atoms with Gasteiger partial charge in [0.15, 0.2) is 5.82 Å². The van der Waals surface area contributed by atoms with Crippen molar-refractivity contribution in [2.45, 2.75) is 18.7 Å². The van der Waals surface area contributed by atoms with Gasteiger partial charge in [0.1, 0.15) is 11.2 Å². The second kappa shape index (κ2) is 5.02. The van der Waals surface area contributed by atoms with E-state index in [-0.39, 0.29) is 11.2 Å². The largest absolute Gasteiger partial charge is 0.338 e. The zero-order valence-electron chi connectivity index (χ0n) is 8.95. The number of halogens is 3. The number of hydrogen-bond acceptors (Lipinski definition) is 3. The van der Waals surface area contributed by atoms with Gasteiger partial charge in [-0.25, -0.2) is 4.39 Å². The molecule has 0 saturated heterocycles. The van der Waals surface area contributed by atoms with E-state index in [0.717, 1.165) is 5.56 Å². The van der Waals surface area contributed by atoms with Gasteiger partial charge >= 0.3 is 0 Å². The number of nitrogens with zero attached hydrogens (tertiary/aromatic N) is 2. The Balaban J connectivity index is 2.19. The summed E-state index contributed by atoms with van der Waals surface area (Å²) < 4.78 is 17.8. The first-order valence-electron chi connectivity index (χ1n) is 4.96. The molecule has 0 amide bonds. The SMILES string of the molecule is CC(Cl)c1nc(Cc2ccc(F)cc2Cl)no1. The lowest BCUT2D eigenvalue weighted by Gasteiger charge is -2.00. The molecule has 0 bridgehead atoms. The number of benzene rings is 1. The Kier molecular flexibility index (Phi) is 3.64. The van der Waals surface area contributed by atoms with Crippen LogP contribution in [0.5, 0.6) is 0 Å². The number of alkyl halides is 1. The Morgan fingerprint density at radius 1 is 1.47 bits per heavy atom. The fraction of sp³-hybridized carbons (Fsp3) is 0.273. The van der Waals surface area contributed by atoms with Crippen LogP contribution in [0.25, 0.3) is 0 Å². The molecule has 17 heavy (non-hydrogen) atoms. The lowest BCUT2D eigenvalue weighted by atomic mass is 10.1. The number of hydrogen-bond donors (Lipinski definition) is 0. The zero-order chi connectivity index (χ0) is 12.4. The van der Waals surface area contributed by atoms with Gasteiger partial charge in [-0.1, -0.05) is 22.8 Å². The normalized spacial score (nSPS) is 12.7. The highest BCUT2D eigenvalue weighted by atomic mass is 35.5. The highest BCUT2D eigenvalue weighted by Crippen LogP contribution is 2.21. The first kappa shape index (κ1) is 12.3. The third kappa shape index (κ3) is 2.96. The summed E-state index contributed by atoms with van der Waals surface area (Å²) in [6.45, 7) is 1.74. The molecule has 0 fully saturated rings. The predicted molar refractivity (Wildman–Crippen MR) is 62.8 cm³/mol. The lowest BCUT2D eigenvalue weighted by molar-refractivity contribution is 0.374. The molecule has 1 aromatic carbocycles. The average molecular weight is 275 g/mol. The van der Waals surface area contributed by atoms with Crippen LogP contribution < -0.4 is 0 Å².